The topological polar surface area (TPSA) is 44.0 Å². The summed E-state index contributed by atoms with van der Waals surface area (Å²) in [7, 11) is 4.36. The molecule has 2 N–H and O–H groups in total. The van der Waals surface area contributed by atoms with Gasteiger partial charge in [-0.25, -0.2) is 0 Å². The van der Waals surface area contributed by atoms with Crippen LogP contribution in [0.25, 0.3) is 0 Å². The molecule has 0 aliphatic carbocycles. The van der Waals surface area contributed by atoms with Gasteiger partial charge in [0, 0.05) is 30.4 Å². The van der Waals surface area contributed by atoms with E-state index in [1.54, 1.807) is 0 Å². The molecule has 0 fully saturated rings. The van der Waals surface area contributed by atoms with Crippen LogP contribution in [0.2, 0.25) is 0 Å². The van der Waals surface area contributed by atoms with Crippen molar-refractivity contribution >= 4 is 0 Å². The molecule has 4 heteroatoms. The Kier molecular flexibility index (Phi) is 6.52. The number of hydrogen-bond donors (Lipinski definition) is 2. The minimum Gasteiger partial charge on any atom is -0.311 e. The minimum atomic E-state index is 0.600. The van der Waals surface area contributed by atoms with Crippen molar-refractivity contribution in [2.75, 3.05) is 20.6 Å². The molecule has 0 bridgehead atoms. The number of H-pyrrole nitrogens is 1. The average Bonchev–Trinajstić information content (AvgIpc) is 2.69. The second kappa shape index (κ2) is 7.65. The van der Waals surface area contributed by atoms with Crippen molar-refractivity contribution in [3.63, 3.8) is 0 Å². The van der Waals surface area contributed by atoms with Gasteiger partial charge < -0.3 is 10.2 Å². The second-order valence-corrected chi connectivity index (χ2v) is 5.65. The molecule has 1 aromatic heterocycles. The summed E-state index contributed by atoms with van der Waals surface area (Å²) in [6.45, 7) is 10.7. The van der Waals surface area contributed by atoms with Crippen molar-refractivity contribution in [2.45, 2.75) is 53.1 Å². The highest BCUT2D eigenvalue weighted by molar-refractivity contribution is 5.22. The third kappa shape index (κ3) is 4.32. The largest absolute Gasteiger partial charge is 0.311 e. The van der Waals surface area contributed by atoms with E-state index in [9.17, 15) is 0 Å². The third-order valence-electron chi connectivity index (χ3n) is 4.19. The van der Waals surface area contributed by atoms with E-state index in [0.717, 1.165) is 24.7 Å². The molecule has 1 rings (SSSR count). The van der Waals surface area contributed by atoms with Gasteiger partial charge in [0.15, 0.2) is 0 Å². The predicted molar refractivity (Wildman–Crippen MR) is 81.3 cm³/mol. The fourth-order valence-electron chi connectivity index (χ4n) is 2.78. The molecule has 0 saturated heterocycles. The van der Waals surface area contributed by atoms with Crippen LogP contribution < -0.4 is 5.32 Å². The van der Waals surface area contributed by atoms with Gasteiger partial charge in [0.1, 0.15) is 0 Å². The normalized spacial score (nSPS) is 13.5. The van der Waals surface area contributed by atoms with Crippen LogP contribution in [-0.2, 0) is 6.54 Å². The molecule has 0 aromatic carbocycles. The van der Waals surface area contributed by atoms with Crippen LogP contribution in [0.15, 0.2) is 0 Å². The van der Waals surface area contributed by atoms with E-state index in [-0.39, 0.29) is 0 Å². The number of aromatic nitrogens is 2. The first-order chi connectivity index (χ1) is 9.01. The molecule has 0 spiro atoms. The summed E-state index contributed by atoms with van der Waals surface area (Å²) in [5.41, 5.74) is 3.59. The maximum absolute atomic E-state index is 4.24. The van der Waals surface area contributed by atoms with Gasteiger partial charge in [-0.15, -0.1) is 0 Å². The number of aryl methyl sites for hydroxylation is 2. The molecule has 110 valence electrons. The van der Waals surface area contributed by atoms with Crippen molar-refractivity contribution in [1.29, 1.82) is 0 Å². The SMILES string of the molecule is CCC(CC)C(CNCc1c(C)n[nH]c1C)N(C)C. The van der Waals surface area contributed by atoms with E-state index in [1.807, 2.05) is 0 Å². The summed E-state index contributed by atoms with van der Waals surface area (Å²) in [5.74, 6) is 0.758. The molecule has 0 amide bonds. The lowest BCUT2D eigenvalue weighted by molar-refractivity contribution is 0.194. The van der Waals surface area contributed by atoms with Gasteiger partial charge in [0.25, 0.3) is 0 Å². The van der Waals surface area contributed by atoms with Crippen LogP contribution in [0.5, 0.6) is 0 Å². The molecule has 19 heavy (non-hydrogen) atoms. The Labute approximate surface area is 118 Å². The van der Waals surface area contributed by atoms with Crippen molar-refractivity contribution in [3.8, 4) is 0 Å². The van der Waals surface area contributed by atoms with E-state index in [1.165, 1.54) is 24.1 Å². The first-order valence-corrected chi connectivity index (χ1v) is 7.38. The van der Waals surface area contributed by atoms with E-state index in [4.69, 9.17) is 0 Å². The first-order valence-electron chi connectivity index (χ1n) is 7.38. The maximum Gasteiger partial charge on any atom is 0.0638 e. The molecule has 0 aliphatic heterocycles. The summed E-state index contributed by atoms with van der Waals surface area (Å²) in [5, 5.41) is 10.9. The van der Waals surface area contributed by atoms with E-state index >= 15 is 0 Å². The zero-order valence-corrected chi connectivity index (χ0v) is 13.4. The van der Waals surface area contributed by atoms with Gasteiger partial charge in [-0.3, -0.25) is 5.10 Å². The van der Waals surface area contributed by atoms with E-state index in [0.29, 0.717) is 6.04 Å². The lowest BCUT2D eigenvalue weighted by atomic mass is 9.93. The average molecular weight is 266 g/mol. The third-order valence-corrected chi connectivity index (χ3v) is 4.19. The first kappa shape index (κ1) is 16.2. The number of nitrogens with one attached hydrogen (secondary N) is 2. The highest BCUT2D eigenvalue weighted by Crippen LogP contribution is 2.17. The Hall–Kier alpha value is -0.870. The molecule has 1 aromatic rings. The van der Waals surface area contributed by atoms with Gasteiger partial charge in [0.2, 0.25) is 0 Å². The summed E-state index contributed by atoms with van der Waals surface area (Å²) in [4.78, 5) is 2.35. The van der Waals surface area contributed by atoms with Gasteiger partial charge in [-0.1, -0.05) is 26.7 Å². The molecule has 0 radical (unpaired) electrons. The fraction of sp³-hybridized carbons (Fsp3) is 0.800. The van der Waals surface area contributed by atoms with Crippen LogP contribution in [0.3, 0.4) is 0 Å². The van der Waals surface area contributed by atoms with Gasteiger partial charge >= 0.3 is 0 Å². The summed E-state index contributed by atoms with van der Waals surface area (Å²) in [6, 6.07) is 0.600. The van der Waals surface area contributed by atoms with Crippen molar-refractivity contribution < 1.29 is 0 Å². The van der Waals surface area contributed by atoms with Crippen LogP contribution in [0, 0.1) is 19.8 Å². The predicted octanol–water partition coefficient (Wildman–Crippen LogP) is 2.48. The molecule has 0 aliphatic rings. The summed E-state index contributed by atoms with van der Waals surface area (Å²) < 4.78 is 0. The molecular formula is C15H30N4. The smallest absolute Gasteiger partial charge is 0.0638 e. The lowest BCUT2D eigenvalue weighted by Gasteiger charge is -2.31. The number of aromatic amines is 1. The molecule has 1 atom stereocenters. The summed E-state index contributed by atoms with van der Waals surface area (Å²) in [6.07, 6.45) is 2.48. The molecule has 0 saturated carbocycles. The zero-order valence-electron chi connectivity index (χ0n) is 13.4. The quantitative estimate of drug-likeness (QED) is 0.760. The van der Waals surface area contributed by atoms with Crippen molar-refractivity contribution in [3.05, 3.63) is 17.0 Å². The van der Waals surface area contributed by atoms with Crippen molar-refractivity contribution in [1.82, 2.24) is 20.4 Å². The maximum atomic E-state index is 4.24. The zero-order chi connectivity index (χ0) is 14.4. The molecular weight excluding hydrogens is 236 g/mol. The second-order valence-electron chi connectivity index (χ2n) is 5.65. The van der Waals surface area contributed by atoms with Gasteiger partial charge in [0.05, 0.1) is 5.69 Å². The molecule has 4 nitrogen and oxygen atoms in total. The van der Waals surface area contributed by atoms with Gasteiger partial charge in [-0.2, -0.15) is 5.10 Å². The van der Waals surface area contributed by atoms with Crippen LogP contribution in [0.4, 0.5) is 0 Å². The molecule has 1 unspecified atom stereocenters. The van der Waals surface area contributed by atoms with Crippen LogP contribution in [0.1, 0.15) is 43.6 Å². The minimum absolute atomic E-state index is 0.600. The fourth-order valence-corrected chi connectivity index (χ4v) is 2.78. The highest BCUT2D eigenvalue weighted by atomic mass is 15.1. The molecule has 1 heterocycles. The number of likely N-dealkylation sites (N-methyl/N-ethyl adjacent to an activating group) is 1. The number of rotatable bonds is 8. The Morgan fingerprint density at radius 3 is 2.26 bits per heavy atom. The standard InChI is InChI=1S/C15H30N4/c1-7-13(8-2)15(19(5)6)10-16-9-14-11(3)17-18-12(14)4/h13,15-16H,7-10H2,1-6H3,(H,17,18). The highest BCUT2D eigenvalue weighted by Gasteiger charge is 2.20. The van der Waals surface area contributed by atoms with E-state index < -0.39 is 0 Å². The monoisotopic (exact) mass is 266 g/mol. The Morgan fingerprint density at radius 1 is 1.21 bits per heavy atom. The number of hydrogen-bond acceptors (Lipinski definition) is 3. The van der Waals surface area contributed by atoms with Crippen LogP contribution in [-0.4, -0.2) is 41.8 Å². The Bertz CT molecular complexity index is 347. The van der Waals surface area contributed by atoms with Gasteiger partial charge in [-0.05, 0) is 33.9 Å². The lowest BCUT2D eigenvalue weighted by Crippen LogP contribution is -2.42. The summed E-state index contributed by atoms with van der Waals surface area (Å²) >= 11 is 0. The Balaban J connectivity index is 2.53. The van der Waals surface area contributed by atoms with Crippen LogP contribution >= 0.6 is 0 Å². The van der Waals surface area contributed by atoms with E-state index in [2.05, 4.69) is 62.2 Å². The van der Waals surface area contributed by atoms with Crippen molar-refractivity contribution in [2.24, 2.45) is 5.92 Å². The number of nitrogens with zero attached hydrogens (tertiary/aromatic N) is 2. The Morgan fingerprint density at radius 2 is 1.84 bits per heavy atom.